The summed E-state index contributed by atoms with van der Waals surface area (Å²) < 4.78 is 69.9. The Labute approximate surface area is 400 Å². The molecule has 340 valence electrons. The quantitative estimate of drug-likeness (QED) is 0.101. The van der Waals surface area contributed by atoms with E-state index in [2.05, 4.69) is 0 Å². The van der Waals surface area contributed by atoms with Gasteiger partial charge in [-0.05, 0) is 109 Å². The van der Waals surface area contributed by atoms with Crippen LogP contribution in [0.4, 0.5) is 0 Å². The standard InChI is InChI=1S/C46H42Cl4N4O8S3/c1-51-17-11-29-23-27(3-7-37(29)51)35-25-39(45(49)43(47)33(35)5-9-41(55)53-19-13-31(14-20-53)64(57,58)59)63-40-26-36(28-4-8-38-30(24-28)12-18-52(38)2)34(44(48)46(40)50)6-10-42(56)54-21-15-32(16-22-54)65(60,61)62/h3-12,17-18,23-26,31-32H,13-16,19-22H2,1-2H3,(H,57,58,59)(H,60,61,62)/b9-5+,10-6+. The van der Waals surface area contributed by atoms with Crippen LogP contribution in [0.2, 0.25) is 20.1 Å². The number of piperidine rings is 2. The number of rotatable bonds is 10. The molecule has 0 saturated carbocycles. The molecule has 6 aromatic rings. The Morgan fingerprint density at radius 3 is 1.31 bits per heavy atom. The van der Waals surface area contributed by atoms with E-state index < -0.39 is 30.7 Å². The van der Waals surface area contributed by atoms with Crippen molar-refractivity contribution in [2.24, 2.45) is 14.1 Å². The number of aryl methyl sites for hydroxylation is 2. The molecule has 19 heteroatoms. The number of likely N-dealkylation sites (tertiary alicyclic amines) is 2. The molecule has 2 aromatic heterocycles. The first-order valence-corrected chi connectivity index (χ1v) is 25.8. The highest BCUT2D eigenvalue weighted by atomic mass is 35.5. The van der Waals surface area contributed by atoms with Gasteiger partial charge in [0.2, 0.25) is 11.8 Å². The molecule has 4 heterocycles. The maximum absolute atomic E-state index is 13.4. The van der Waals surface area contributed by atoms with E-state index in [0.717, 1.165) is 32.9 Å². The van der Waals surface area contributed by atoms with Crippen molar-refractivity contribution in [1.82, 2.24) is 18.9 Å². The van der Waals surface area contributed by atoms with Crippen molar-refractivity contribution in [2.75, 3.05) is 26.2 Å². The smallest absolute Gasteiger partial charge is 0.267 e. The van der Waals surface area contributed by atoms with Crippen LogP contribution in [0.25, 0.3) is 56.2 Å². The lowest BCUT2D eigenvalue weighted by atomic mass is 9.97. The molecule has 2 amide bonds. The average Bonchev–Trinajstić information content (AvgIpc) is 3.85. The van der Waals surface area contributed by atoms with Gasteiger partial charge in [0.05, 0.1) is 30.6 Å². The lowest BCUT2D eigenvalue weighted by molar-refractivity contribution is -0.127. The fourth-order valence-corrected chi connectivity index (χ4v) is 12.2. The largest absolute Gasteiger partial charge is 0.351 e. The van der Waals surface area contributed by atoms with Gasteiger partial charge in [0.1, 0.15) is 0 Å². The summed E-state index contributed by atoms with van der Waals surface area (Å²) in [6, 6.07) is 19.7. The van der Waals surface area contributed by atoms with Crippen molar-refractivity contribution in [1.29, 1.82) is 0 Å². The summed E-state index contributed by atoms with van der Waals surface area (Å²) in [4.78, 5) is 31.0. The molecule has 2 aliphatic rings. The van der Waals surface area contributed by atoms with Crippen LogP contribution in [0, 0.1) is 0 Å². The predicted octanol–water partition coefficient (Wildman–Crippen LogP) is 10.6. The monoisotopic (exact) mass is 1010 g/mol. The van der Waals surface area contributed by atoms with Gasteiger partial charge in [-0.15, -0.1) is 0 Å². The Bertz CT molecular complexity index is 2980. The van der Waals surface area contributed by atoms with Crippen LogP contribution in [-0.2, 0) is 43.9 Å². The van der Waals surface area contributed by atoms with Crippen molar-refractivity contribution in [2.45, 2.75) is 46.0 Å². The second-order valence-electron chi connectivity index (χ2n) is 16.2. The molecule has 0 bridgehead atoms. The highest BCUT2D eigenvalue weighted by molar-refractivity contribution is 7.99. The number of amides is 2. The van der Waals surface area contributed by atoms with E-state index in [4.69, 9.17) is 46.4 Å². The van der Waals surface area contributed by atoms with Crippen molar-refractivity contribution in [3.05, 3.63) is 116 Å². The van der Waals surface area contributed by atoms with Crippen LogP contribution in [0.3, 0.4) is 0 Å². The summed E-state index contributed by atoms with van der Waals surface area (Å²) in [7, 11) is -4.52. The van der Waals surface area contributed by atoms with Gasteiger partial charge >= 0.3 is 0 Å². The third-order valence-corrected chi connectivity index (χ3v) is 17.9. The van der Waals surface area contributed by atoms with E-state index in [1.165, 1.54) is 33.7 Å². The van der Waals surface area contributed by atoms with Crippen LogP contribution in [0.1, 0.15) is 36.8 Å². The number of nitrogens with zero attached hydrogens (tertiary/aromatic N) is 4. The number of benzene rings is 4. The minimum Gasteiger partial charge on any atom is -0.351 e. The number of carbonyl (C=O) groups is 2. The van der Waals surface area contributed by atoms with Gasteiger partial charge in [0, 0.05) is 108 Å². The maximum atomic E-state index is 13.4. The Kier molecular flexibility index (Phi) is 13.6. The van der Waals surface area contributed by atoms with Crippen LogP contribution in [0.15, 0.2) is 95.0 Å². The van der Waals surface area contributed by atoms with Crippen LogP contribution < -0.4 is 0 Å². The topological polar surface area (TPSA) is 159 Å². The molecule has 12 nitrogen and oxygen atoms in total. The van der Waals surface area contributed by atoms with Crippen molar-refractivity contribution < 1.29 is 35.5 Å². The minimum atomic E-state index is -4.21. The van der Waals surface area contributed by atoms with Crippen molar-refractivity contribution in [3.8, 4) is 22.3 Å². The molecule has 0 atom stereocenters. The third-order valence-electron chi connectivity index (χ3n) is 12.2. The fourth-order valence-electron chi connectivity index (χ4n) is 8.47. The summed E-state index contributed by atoms with van der Waals surface area (Å²) in [5, 5.41) is 0.817. The van der Waals surface area contributed by atoms with Crippen molar-refractivity contribution in [3.63, 3.8) is 0 Å². The lowest BCUT2D eigenvalue weighted by Gasteiger charge is -2.29. The van der Waals surface area contributed by atoms with E-state index in [9.17, 15) is 35.5 Å². The van der Waals surface area contributed by atoms with Gasteiger partial charge in [-0.2, -0.15) is 16.8 Å². The zero-order valence-electron chi connectivity index (χ0n) is 34.9. The Morgan fingerprint density at radius 1 is 0.585 bits per heavy atom. The number of hydrogen-bond donors (Lipinski definition) is 2. The molecule has 8 rings (SSSR count). The second kappa shape index (κ2) is 18.8. The Hall–Kier alpha value is -4.29. The average molecular weight is 1020 g/mol. The third kappa shape index (κ3) is 9.90. The molecule has 0 aliphatic carbocycles. The Morgan fingerprint density at radius 2 is 0.954 bits per heavy atom. The molecular formula is C46H42Cl4N4O8S3. The fraction of sp³-hybridized carbons (Fsp3) is 0.261. The summed E-state index contributed by atoms with van der Waals surface area (Å²) in [5.74, 6) is -0.705. The molecule has 2 aliphatic heterocycles. The SMILES string of the molecule is Cn1ccc2cc(-c3cc(Sc4cc(-c5ccc6c(ccn6C)c5)c(/C=C/C(=O)N5CCC(S(=O)(=O)O)CC5)c(Cl)c4Cl)c(Cl)c(Cl)c3/C=C/C(=O)N3CCC(S(=O)(=O)O)CC3)ccc21. The summed E-state index contributed by atoms with van der Waals surface area (Å²) >= 11 is 29.8. The van der Waals surface area contributed by atoms with E-state index in [-0.39, 0.29) is 83.8 Å². The molecule has 2 N–H and O–H groups in total. The molecule has 2 fully saturated rings. The number of aromatic nitrogens is 2. The normalized spacial score (nSPS) is 15.9. The van der Waals surface area contributed by atoms with Gasteiger partial charge in [0.15, 0.2) is 0 Å². The number of hydrogen-bond acceptors (Lipinski definition) is 7. The molecule has 2 saturated heterocycles. The van der Waals surface area contributed by atoms with E-state index in [1.54, 1.807) is 12.2 Å². The minimum absolute atomic E-state index is 0.116. The number of fused-ring (bicyclic) bond motifs is 2. The van der Waals surface area contributed by atoms with Crippen LogP contribution in [0.5, 0.6) is 0 Å². The van der Waals surface area contributed by atoms with Crippen molar-refractivity contribution >= 4 is 124 Å². The highest BCUT2D eigenvalue weighted by Gasteiger charge is 2.31. The summed E-state index contributed by atoms with van der Waals surface area (Å²) in [6.07, 6.45) is 10.3. The molecule has 4 aromatic carbocycles. The molecular weight excluding hydrogens is 975 g/mol. The number of carbonyl (C=O) groups excluding carboxylic acids is 2. The lowest BCUT2D eigenvalue weighted by Crippen LogP contribution is -2.41. The second-order valence-corrected chi connectivity index (χ2v) is 22.2. The van der Waals surface area contributed by atoms with Gasteiger partial charge < -0.3 is 18.9 Å². The first-order chi connectivity index (χ1) is 30.8. The molecule has 0 radical (unpaired) electrons. The van der Waals surface area contributed by atoms with Crippen LogP contribution >= 0.6 is 58.2 Å². The number of halogens is 4. The predicted molar refractivity (Wildman–Crippen MR) is 261 cm³/mol. The van der Waals surface area contributed by atoms with E-state index >= 15 is 0 Å². The molecule has 0 spiro atoms. The zero-order chi connectivity index (χ0) is 46.5. The highest BCUT2D eigenvalue weighted by Crippen LogP contribution is 2.49. The van der Waals surface area contributed by atoms with E-state index in [1.807, 2.05) is 96.3 Å². The summed E-state index contributed by atoms with van der Waals surface area (Å²) in [6.45, 7) is 0.624. The van der Waals surface area contributed by atoms with Gasteiger partial charge in [-0.3, -0.25) is 18.7 Å². The van der Waals surface area contributed by atoms with Gasteiger partial charge in [-0.25, -0.2) is 0 Å². The van der Waals surface area contributed by atoms with Crippen LogP contribution in [-0.4, -0.2) is 93.4 Å². The Balaban J connectivity index is 1.18. The first-order valence-electron chi connectivity index (χ1n) is 20.5. The summed E-state index contributed by atoms with van der Waals surface area (Å²) in [5.41, 5.74) is 5.87. The van der Waals surface area contributed by atoms with E-state index in [0.29, 0.717) is 32.0 Å². The molecule has 0 unspecified atom stereocenters. The zero-order valence-corrected chi connectivity index (χ0v) is 40.4. The molecule has 65 heavy (non-hydrogen) atoms. The van der Waals surface area contributed by atoms with Gasteiger partial charge in [-0.1, -0.05) is 70.3 Å². The first kappa shape index (κ1) is 47.2. The maximum Gasteiger partial charge on any atom is 0.267 e. The van der Waals surface area contributed by atoms with Gasteiger partial charge in [0.25, 0.3) is 20.2 Å².